The Balaban J connectivity index is 1.15. The molecule has 242 valence electrons. The highest BCUT2D eigenvalue weighted by Gasteiger charge is 2.20. The number of aromatic nitrogens is 3. The summed E-state index contributed by atoms with van der Waals surface area (Å²) >= 11 is 0. The first-order valence-electron chi connectivity index (χ1n) is 17.8. The van der Waals surface area contributed by atoms with Crippen molar-refractivity contribution in [2.45, 2.75) is 0 Å². The topological polar surface area (TPSA) is 27.9 Å². The van der Waals surface area contributed by atoms with Crippen molar-refractivity contribution in [1.29, 1.82) is 0 Å². The molecule has 4 nitrogen and oxygen atoms in total. The van der Waals surface area contributed by atoms with Crippen LogP contribution in [-0.2, 0) is 0 Å². The van der Waals surface area contributed by atoms with Crippen LogP contribution in [-0.4, -0.2) is 13.7 Å². The summed E-state index contributed by atoms with van der Waals surface area (Å²) in [7, 11) is 0. The van der Waals surface area contributed by atoms with Gasteiger partial charge in [0.1, 0.15) is 11.2 Å². The molecule has 4 heteroatoms. The van der Waals surface area contributed by atoms with Crippen molar-refractivity contribution >= 4 is 87.4 Å². The quantitative estimate of drug-likeness (QED) is 0.185. The monoisotopic (exact) mass is 663 g/mol. The van der Waals surface area contributed by atoms with Gasteiger partial charge in [-0.15, -0.1) is 0 Å². The SMILES string of the molecule is c1ccc(-n2c3ccccc3c3cc(-n4c5ccccc5c5cc6c(cc54)c4ccccc4n6-c4ccc5oc6ccccc6c5c4)ccc32)cc1. The maximum absolute atomic E-state index is 6.21. The lowest BCUT2D eigenvalue weighted by atomic mass is 10.1. The van der Waals surface area contributed by atoms with Gasteiger partial charge in [-0.1, -0.05) is 91.0 Å². The highest BCUT2D eigenvalue weighted by molar-refractivity contribution is 6.19. The second kappa shape index (κ2) is 10.3. The van der Waals surface area contributed by atoms with Gasteiger partial charge in [0.25, 0.3) is 0 Å². The number of hydrogen-bond acceptors (Lipinski definition) is 1. The van der Waals surface area contributed by atoms with Gasteiger partial charge in [-0.2, -0.15) is 0 Å². The van der Waals surface area contributed by atoms with Crippen molar-refractivity contribution in [2.75, 3.05) is 0 Å². The van der Waals surface area contributed by atoms with Gasteiger partial charge < -0.3 is 18.1 Å². The minimum absolute atomic E-state index is 0.903. The number of nitrogens with zero attached hydrogens (tertiary/aromatic N) is 3. The molecule has 0 aliphatic rings. The van der Waals surface area contributed by atoms with E-state index in [4.69, 9.17) is 4.42 Å². The molecule has 0 saturated heterocycles. The Bertz CT molecular complexity index is 3410. The van der Waals surface area contributed by atoms with Gasteiger partial charge in [-0.25, -0.2) is 0 Å². The van der Waals surface area contributed by atoms with Crippen LogP contribution < -0.4 is 0 Å². The van der Waals surface area contributed by atoms with Crippen LogP contribution in [0.3, 0.4) is 0 Å². The van der Waals surface area contributed by atoms with E-state index in [1.807, 2.05) is 12.1 Å². The molecule has 8 aromatic carbocycles. The number of rotatable bonds is 3. The van der Waals surface area contributed by atoms with Crippen molar-refractivity contribution in [3.63, 3.8) is 0 Å². The average molecular weight is 664 g/mol. The third kappa shape index (κ3) is 3.70. The molecule has 0 saturated carbocycles. The first-order chi connectivity index (χ1) is 25.8. The Morgan fingerprint density at radius 2 is 0.673 bits per heavy atom. The molecule has 0 atom stereocenters. The first-order valence-corrected chi connectivity index (χ1v) is 17.8. The predicted octanol–water partition coefficient (Wildman–Crippen LogP) is 12.9. The Labute approximate surface area is 297 Å². The second-order valence-corrected chi connectivity index (χ2v) is 13.8. The lowest BCUT2D eigenvalue weighted by molar-refractivity contribution is 0.669. The third-order valence-electron chi connectivity index (χ3n) is 11.0. The summed E-state index contributed by atoms with van der Waals surface area (Å²) < 4.78 is 13.5. The highest BCUT2D eigenvalue weighted by Crippen LogP contribution is 2.41. The fourth-order valence-corrected chi connectivity index (χ4v) is 8.80. The Morgan fingerprint density at radius 3 is 1.29 bits per heavy atom. The Kier molecular flexibility index (Phi) is 5.47. The average Bonchev–Trinajstić information content (AvgIpc) is 3.93. The van der Waals surface area contributed by atoms with Crippen molar-refractivity contribution in [3.8, 4) is 17.1 Å². The van der Waals surface area contributed by atoms with Gasteiger partial charge in [-0.05, 0) is 84.9 Å². The van der Waals surface area contributed by atoms with E-state index in [-0.39, 0.29) is 0 Å². The standard InChI is InChI=1S/C48H29N3O/c1-2-12-30(13-3-1)49-41-18-8-4-14-33(41)37-26-31(22-24-44(37)49)50-42-19-9-5-15-34(42)38-29-46-39(28-45(38)50)35-16-6-10-20-43(35)51(46)32-23-25-48-40(27-32)36-17-7-11-21-47(36)52-48/h1-29H. The Morgan fingerprint density at radius 1 is 0.250 bits per heavy atom. The van der Waals surface area contributed by atoms with E-state index in [0.717, 1.165) is 39.0 Å². The summed E-state index contributed by atoms with van der Waals surface area (Å²) in [5.74, 6) is 0. The van der Waals surface area contributed by atoms with E-state index in [1.165, 1.54) is 65.4 Å². The molecular weight excluding hydrogens is 635 g/mol. The lowest BCUT2D eigenvalue weighted by Gasteiger charge is -2.11. The van der Waals surface area contributed by atoms with Crippen LogP contribution in [0.2, 0.25) is 0 Å². The van der Waals surface area contributed by atoms with Gasteiger partial charge in [0.05, 0.1) is 33.1 Å². The second-order valence-electron chi connectivity index (χ2n) is 13.8. The molecule has 12 aromatic rings. The molecule has 4 aromatic heterocycles. The number of fused-ring (bicyclic) bond motifs is 12. The molecular formula is C48H29N3O. The van der Waals surface area contributed by atoms with Crippen LogP contribution >= 0.6 is 0 Å². The van der Waals surface area contributed by atoms with Crippen LogP contribution in [0.4, 0.5) is 0 Å². The summed E-state index contributed by atoms with van der Waals surface area (Å²) in [6.07, 6.45) is 0. The van der Waals surface area contributed by atoms with E-state index in [1.54, 1.807) is 0 Å². The molecule has 4 heterocycles. The van der Waals surface area contributed by atoms with Crippen LogP contribution in [0.5, 0.6) is 0 Å². The van der Waals surface area contributed by atoms with Crippen LogP contribution in [0.15, 0.2) is 180 Å². The summed E-state index contributed by atoms with van der Waals surface area (Å²) in [6.45, 7) is 0. The molecule has 0 fully saturated rings. The predicted molar refractivity (Wildman–Crippen MR) is 217 cm³/mol. The van der Waals surface area contributed by atoms with Crippen molar-refractivity contribution in [3.05, 3.63) is 176 Å². The maximum atomic E-state index is 6.21. The van der Waals surface area contributed by atoms with Gasteiger partial charge in [0, 0.05) is 60.2 Å². The molecule has 0 N–H and O–H groups in total. The molecule has 0 bridgehead atoms. The maximum Gasteiger partial charge on any atom is 0.135 e. The summed E-state index contributed by atoms with van der Waals surface area (Å²) in [5, 5.41) is 9.67. The van der Waals surface area contributed by atoms with Crippen LogP contribution in [0.1, 0.15) is 0 Å². The smallest absolute Gasteiger partial charge is 0.135 e. The van der Waals surface area contributed by atoms with Gasteiger partial charge in [0.15, 0.2) is 0 Å². The highest BCUT2D eigenvalue weighted by atomic mass is 16.3. The van der Waals surface area contributed by atoms with Gasteiger partial charge in [-0.3, -0.25) is 0 Å². The Hall–Kier alpha value is -7.04. The fraction of sp³-hybridized carbons (Fsp3) is 0. The first kappa shape index (κ1) is 27.7. The molecule has 52 heavy (non-hydrogen) atoms. The van der Waals surface area contributed by atoms with Gasteiger partial charge in [0.2, 0.25) is 0 Å². The molecule has 0 spiro atoms. The van der Waals surface area contributed by atoms with Crippen LogP contribution in [0, 0.1) is 0 Å². The summed E-state index contributed by atoms with van der Waals surface area (Å²) in [6, 6.07) is 63.6. The van der Waals surface area contributed by atoms with E-state index in [9.17, 15) is 0 Å². The fourth-order valence-electron chi connectivity index (χ4n) is 8.80. The normalized spacial score (nSPS) is 12.2. The molecule has 0 aliphatic heterocycles. The van der Waals surface area contributed by atoms with E-state index in [2.05, 4.69) is 177 Å². The van der Waals surface area contributed by atoms with E-state index < -0.39 is 0 Å². The molecule has 0 aliphatic carbocycles. The van der Waals surface area contributed by atoms with Crippen molar-refractivity contribution in [2.24, 2.45) is 0 Å². The number of furan rings is 1. The molecule has 0 amide bonds. The molecule has 0 unspecified atom stereocenters. The minimum Gasteiger partial charge on any atom is -0.456 e. The third-order valence-corrected chi connectivity index (χ3v) is 11.0. The number of hydrogen-bond donors (Lipinski definition) is 0. The van der Waals surface area contributed by atoms with E-state index >= 15 is 0 Å². The number of para-hydroxylation sites is 5. The zero-order valence-corrected chi connectivity index (χ0v) is 28.0. The minimum atomic E-state index is 0.903. The zero-order valence-electron chi connectivity index (χ0n) is 28.0. The number of benzene rings is 8. The van der Waals surface area contributed by atoms with E-state index in [0.29, 0.717) is 0 Å². The van der Waals surface area contributed by atoms with Crippen LogP contribution in [0.25, 0.3) is 104 Å². The van der Waals surface area contributed by atoms with Crippen molar-refractivity contribution in [1.82, 2.24) is 13.7 Å². The van der Waals surface area contributed by atoms with Crippen molar-refractivity contribution < 1.29 is 4.42 Å². The molecule has 0 radical (unpaired) electrons. The molecule has 12 rings (SSSR count). The lowest BCUT2D eigenvalue weighted by Crippen LogP contribution is -1.96. The summed E-state index contributed by atoms with van der Waals surface area (Å²) in [4.78, 5) is 0. The largest absolute Gasteiger partial charge is 0.456 e. The summed E-state index contributed by atoms with van der Waals surface area (Å²) in [5.41, 5.74) is 12.4. The zero-order chi connectivity index (χ0) is 33.9. The van der Waals surface area contributed by atoms with Gasteiger partial charge >= 0.3 is 0 Å².